The molecule has 0 amide bonds. The number of hydrogen-bond acceptors (Lipinski definition) is 12. The monoisotopic (exact) mass is 1270 g/mol. The van der Waals surface area contributed by atoms with Crippen molar-refractivity contribution in [3.05, 3.63) is 312 Å². The lowest BCUT2D eigenvalue weighted by atomic mass is 10.0. The van der Waals surface area contributed by atoms with Crippen LogP contribution in [0.2, 0.25) is 21.1 Å². The number of rotatable bonds is 8. The third-order valence-electron chi connectivity index (χ3n) is 14.7. The topological polar surface area (TPSA) is 155 Å². The van der Waals surface area contributed by atoms with E-state index in [9.17, 15) is 0 Å². The molecule has 16 rings (SSSR count). The molecule has 0 fully saturated rings. The molecular formula is C76H48Cl4N12. The molecule has 0 aliphatic carbocycles. The molecular weight excluding hydrogens is 1220 g/mol. The lowest BCUT2D eigenvalue weighted by Crippen LogP contribution is -1.98. The second-order valence-corrected chi connectivity index (χ2v) is 22.0. The van der Waals surface area contributed by atoms with Gasteiger partial charge >= 0.3 is 0 Å². The van der Waals surface area contributed by atoms with Crippen LogP contribution in [0.1, 0.15) is 0 Å². The Morgan fingerprint density at radius 2 is 0.402 bits per heavy atom. The van der Waals surface area contributed by atoms with Crippen molar-refractivity contribution in [1.29, 1.82) is 0 Å². The molecule has 0 radical (unpaired) electrons. The maximum Gasteiger partial charge on any atom is 0.226 e. The summed E-state index contributed by atoms with van der Waals surface area (Å²) in [7, 11) is 0. The van der Waals surface area contributed by atoms with Crippen LogP contribution in [0.25, 0.3) is 134 Å². The molecule has 440 valence electrons. The van der Waals surface area contributed by atoms with E-state index < -0.39 is 0 Å². The van der Waals surface area contributed by atoms with E-state index in [1.807, 2.05) is 212 Å². The Labute approximate surface area is 549 Å². The summed E-state index contributed by atoms with van der Waals surface area (Å²) >= 11 is 24.5. The van der Waals surface area contributed by atoms with Crippen molar-refractivity contribution in [2.75, 3.05) is 0 Å². The molecule has 0 aliphatic rings. The van der Waals surface area contributed by atoms with Crippen LogP contribution in [0, 0.1) is 0 Å². The molecule has 92 heavy (non-hydrogen) atoms. The smallest absolute Gasteiger partial charge is 0.208 e. The first-order chi connectivity index (χ1) is 45.2. The summed E-state index contributed by atoms with van der Waals surface area (Å²) in [6, 6.07) is 96.1. The van der Waals surface area contributed by atoms with Crippen molar-refractivity contribution in [3.8, 4) is 91.1 Å². The predicted octanol–water partition coefficient (Wildman–Crippen LogP) is 20.0. The normalized spacial score (nSPS) is 10.8. The number of aromatic nitrogens is 12. The van der Waals surface area contributed by atoms with E-state index in [1.54, 1.807) is 0 Å². The predicted molar refractivity (Wildman–Crippen MR) is 373 cm³/mol. The minimum absolute atomic E-state index is 0.191. The van der Waals surface area contributed by atoms with Crippen molar-refractivity contribution in [1.82, 2.24) is 59.8 Å². The van der Waals surface area contributed by atoms with Crippen LogP contribution in [0.3, 0.4) is 0 Å². The van der Waals surface area contributed by atoms with Gasteiger partial charge in [-0.2, -0.15) is 39.9 Å². The first-order valence-electron chi connectivity index (χ1n) is 29.0. The highest BCUT2D eigenvalue weighted by molar-refractivity contribution is 6.29. The van der Waals surface area contributed by atoms with Gasteiger partial charge in [-0.15, -0.1) is 0 Å². The summed E-state index contributed by atoms with van der Waals surface area (Å²) in [6.45, 7) is 0. The van der Waals surface area contributed by atoms with Crippen molar-refractivity contribution in [2.45, 2.75) is 0 Å². The molecule has 4 heterocycles. The molecule has 0 spiro atoms. The zero-order valence-corrected chi connectivity index (χ0v) is 51.6. The summed E-state index contributed by atoms with van der Waals surface area (Å²) in [5.74, 6) is 4.64. The van der Waals surface area contributed by atoms with Gasteiger partial charge in [0.2, 0.25) is 21.1 Å². The molecule has 12 aromatic carbocycles. The average Bonchev–Trinajstić information content (AvgIpc) is 0.931. The Bertz CT molecular complexity index is 5070. The SMILES string of the molecule is Clc1nc(-c2cccc3ccccc23)nc(-c2cccc3ccccc23)n1.Clc1nc(-c2ccccc2)nc(-c2ccc3ccccc3c2)n1.Clc1nc(-c2ccccc2)nc(-c2cccc3ccccc23)n1.Clc1nc(-c2ccccc2)nc(-c2ccccc2)n1. The third-order valence-corrected chi connectivity index (χ3v) is 15.3. The molecule has 16 heteroatoms. The molecule has 12 nitrogen and oxygen atoms in total. The fourth-order valence-electron chi connectivity index (χ4n) is 10.3. The summed E-state index contributed by atoms with van der Waals surface area (Å²) < 4.78 is 0. The molecule has 0 aliphatic heterocycles. The van der Waals surface area contributed by atoms with Crippen molar-refractivity contribution < 1.29 is 0 Å². The summed E-state index contributed by atoms with van der Waals surface area (Å²) in [4.78, 5) is 52.7. The maximum atomic E-state index is 6.29. The van der Waals surface area contributed by atoms with Gasteiger partial charge in [-0.25, -0.2) is 19.9 Å². The van der Waals surface area contributed by atoms with Gasteiger partial charge < -0.3 is 0 Å². The Hall–Kier alpha value is -11.1. The quantitative estimate of drug-likeness (QED) is 0.142. The van der Waals surface area contributed by atoms with E-state index in [-0.39, 0.29) is 21.1 Å². The molecule has 0 bridgehead atoms. The van der Waals surface area contributed by atoms with Gasteiger partial charge in [0.25, 0.3) is 0 Å². The van der Waals surface area contributed by atoms with Gasteiger partial charge in [0.05, 0.1) is 0 Å². The standard InChI is InChI=1S/C23H14ClN3.2C19H12ClN3.C15H10ClN3/c24-23-26-21(19-13-5-9-15-7-1-3-11-17(15)19)25-22(27-23)20-14-6-10-16-8-2-4-12-18(16)20;20-19-22-17(14-8-2-1-3-9-14)21-18(23-19)16-12-6-10-13-7-4-5-11-15(13)16;20-19-22-17(14-7-2-1-3-8-14)21-18(23-19)16-11-10-13-6-4-5-9-15(13)12-16;16-15-18-13(11-7-3-1-4-8-11)17-14(19-15)12-9-5-2-6-10-12/h1-14H;2*1-12H;1-10H. The van der Waals surface area contributed by atoms with Gasteiger partial charge in [-0.1, -0.05) is 285 Å². The number of benzene rings is 12. The van der Waals surface area contributed by atoms with Gasteiger partial charge in [0.1, 0.15) is 0 Å². The van der Waals surface area contributed by atoms with Crippen LogP contribution in [0.5, 0.6) is 0 Å². The van der Waals surface area contributed by atoms with Crippen molar-refractivity contribution in [3.63, 3.8) is 0 Å². The third kappa shape index (κ3) is 14.1. The minimum atomic E-state index is 0.191. The van der Waals surface area contributed by atoms with E-state index in [1.165, 1.54) is 5.39 Å². The highest BCUT2D eigenvalue weighted by Crippen LogP contribution is 2.33. The van der Waals surface area contributed by atoms with E-state index in [0.29, 0.717) is 46.6 Å². The van der Waals surface area contributed by atoms with Crippen LogP contribution >= 0.6 is 46.4 Å². The van der Waals surface area contributed by atoms with Crippen LogP contribution in [-0.4, -0.2) is 59.8 Å². The second kappa shape index (κ2) is 28.1. The second-order valence-electron chi connectivity index (χ2n) is 20.6. The largest absolute Gasteiger partial charge is 0.226 e. The van der Waals surface area contributed by atoms with Gasteiger partial charge in [-0.3, -0.25) is 0 Å². The number of hydrogen-bond donors (Lipinski definition) is 0. The zero-order chi connectivity index (χ0) is 62.6. The molecule has 0 unspecified atom stereocenters. The lowest BCUT2D eigenvalue weighted by Gasteiger charge is -2.09. The number of nitrogens with zero attached hydrogens (tertiary/aromatic N) is 12. The Morgan fingerprint density at radius 1 is 0.163 bits per heavy atom. The zero-order valence-electron chi connectivity index (χ0n) is 48.6. The number of fused-ring (bicyclic) bond motifs is 4. The van der Waals surface area contributed by atoms with E-state index in [4.69, 9.17) is 51.4 Å². The fourth-order valence-corrected chi connectivity index (χ4v) is 11.0. The van der Waals surface area contributed by atoms with Gasteiger partial charge in [-0.05, 0) is 95.6 Å². The minimum Gasteiger partial charge on any atom is -0.208 e. The van der Waals surface area contributed by atoms with Crippen molar-refractivity contribution in [2.24, 2.45) is 0 Å². The van der Waals surface area contributed by atoms with E-state index in [0.717, 1.165) is 82.2 Å². The van der Waals surface area contributed by atoms with E-state index >= 15 is 0 Å². The van der Waals surface area contributed by atoms with Crippen LogP contribution in [0.15, 0.2) is 291 Å². The van der Waals surface area contributed by atoms with Crippen LogP contribution in [0.4, 0.5) is 0 Å². The first kappa shape index (κ1) is 59.8. The van der Waals surface area contributed by atoms with Crippen LogP contribution in [-0.2, 0) is 0 Å². The highest BCUT2D eigenvalue weighted by atomic mass is 35.5. The molecule has 0 saturated heterocycles. The summed E-state index contributed by atoms with van der Waals surface area (Å²) in [5.41, 5.74) is 7.43. The number of halogens is 4. The molecule has 0 saturated carbocycles. The Balaban J connectivity index is 0.000000113. The summed E-state index contributed by atoms with van der Waals surface area (Å²) in [6.07, 6.45) is 0. The highest BCUT2D eigenvalue weighted by Gasteiger charge is 2.16. The summed E-state index contributed by atoms with van der Waals surface area (Å²) in [5, 5.41) is 9.79. The Morgan fingerprint density at radius 3 is 0.739 bits per heavy atom. The first-order valence-corrected chi connectivity index (χ1v) is 30.6. The maximum absolute atomic E-state index is 6.29. The molecule has 0 N–H and O–H groups in total. The fraction of sp³-hybridized carbons (Fsp3) is 0. The van der Waals surface area contributed by atoms with Gasteiger partial charge in [0, 0.05) is 44.5 Å². The molecule has 16 aromatic rings. The Kier molecular flexibility index (Phi) is 18.3. The van der Waals surface area contributed by atoms with Crippen LogP contribution < -0.4 is 0 Å². The lowest BCUT2D eigenvalue weighted by molar-refractivity contribution is 1.07. The average molecular weight is 1270 g/mol. The van der Waals surface area contributed by atoms with Crippen molar-refractivity contribution >= 4 is 89.5 Å². The molecule has 4 aromatic heterocycles. The van der Waals surface area contributed by atoms with E-state index in [2.05, 4.69) is 134 Å². The molecule has 0 atom stereocenters. The van der Waals surface area contributed by atoms with Gasteiger partial charge in [0.15, 0.2) is 46.6 Å².